The molecule has 0 unspecified atom stereocenters. The van der Waals surface area contributed by atoms with E-state index < -0.39 is 0 Å². The van der Waals surface area contributed by atoms with E-state index >= 15 is 0 Å². The van der Waals surface area contributed by atoms with Crippen LogP contribution in [0.1, 0.15) is 9.88 Å². The number of rotatable bonds is 3. The molecule has 0 bridgehead atoms. The number of aromatic nitrogens is 1. The molecule has 104 valence electrons. The minimum Gasteiger partial charge on any atom is -0.482 e. The fourth-order valence-corrected chi connectivity index (χ4v) is 3.15. The zero-order chi connectivity index (χ0) is 14.1. The number of nitrogens with two attached hydrogens (primary N) is 1. The molecule has 1 aliphatic rings. The number of benzene rings is 1. The molecule has 20 heavy (non-hydrogen) atoms. The van der Waals surface area contributed by atoms with Crippen molar-refractivity contribution in [3.05, 3.63) is 28.1 Å². The van der Waals surface area contributed by atoms with Crippen molar-refractivity contribution in [1.29, 1.82) is 0 Å². The summed E-state index contributed by atoms with van der Waals surface area (Å²) in [5.41, 5.74) is 8.19. The van der Waals surface area contributed by atoms with E-state index in [0.717, 1.165) is 27.6 Å². The summed E-state index contributed by atoms with van der Waals surface area (Å²) in [5.74, 6) is 0.567. The van der Waals surface area contributed by atoms with E-state index in [1.165, 1.54) is 0 Å². The molecule has 0 saturated heterocycles. The monoisotopic (exact) mass is 289 g/mol. The predicted molar refractivity (Wildman–Crippen MR) is 79.2 cm³/mol. The molecule has 2 heterocycles. The predicted octanol–water partition coefficient (Wildman–Crippen LogP) is 1.95. The maximum atomic E-state index is 11.4. The topological polar surface area (TPSA) is 77.2 Å². The zero-order valence-corrected chi connectivity index (χ0v) is 11.9. The molecule has 0 atom stereocenters. The van der Waals surface area contributed by atoms with Crippen LogP contribution in [-0.4, -0.2) is 24.0 Å². The number of aryl methyl sites for hydroxylation is 1. The van der Waals surface area contributed by atoms with Crippen LogP contribution >= 0.6 is 11.3 Å². The van der Waals surface area contributed by atoms with Crippen molar-refractivity contribution in [3.63, 3.8) is 0 Å². The van der Waals surface area contributed by atoms with Gasteiger partial charge in [-0.15, -0.1) is 11.3 Å². The van der Waals surface area contributed by atoms with Gasteiger partial charge in [0, 0.05) is 16.9 Å². The zero-order valence-electron chi connectivity index (χ0n) is 11.1. The van der Waals surface area contributed by atoms with Crippen molar-refractivity contribution in [2.45, 2.75) is 13.3 Å². The van der Waals surface area contributed by atoms with Crippen LogP contribution in [0.3, 0.4) is 0 Å². The van der Waals surface area contributed by atoms with Gasteiger partial charge in [-0.25, -0.2) is 4.98 Å². The average molecular weight is 289 g/mol. The molecule has 6 heteroatoms. The highest BCUT2D eigenvalue weighted by molar-refractivity contribution is 7.12. The van der Waals surface area contributed by atoms with E-state index in [4.69, 9.17) is 10.5 Å². The van der Waals surface area contributed by atoms with Gasteiger partial charge in [0.25, 0.3) is 5.91 Å². The Labute approximate surface area is 120 Å². The first-order valence-corrected chi connectivity index (χ1v) is 7.22. The van der Waals surface area contributed by atoms with Gasteiger partial charge in [0.2, 0.25) is 0 Å². The fraction of sp³-hybridized carbons (Fsp3) is 0.286. The van der Waals surface area contributed by atoms with Crippen molar-refractivity contribution in [2.75, 3.05) is 18.5 Å². The van der Waals surface area contributed by atoms with Gasteiger partial charge >= 0.3 is 0 Å². The van der Waals surface area contributed by atoms with Gasteiger partial charge in [0.1, 0.15) is 5.75 Å². The highest BCUT2D eigenvalue weighted by atomic mass is 32.1. The SMILES string of the molecule is Cc1sc(CCN)nc1-c1ccc2c(c1)NC(=O)CO2. The Balaban J connectivity index is 1.98. The number of carbonyl (C=O) groups is 1. The van der Waals surface area contributed by atoms with Crippen LogP contribution < -0.4 is 15.8 Å². The van der Waals surface area contributed by atoms with E-state index in [-0.39, 0.29) is 12.5 Å². The van der Waals surface area contributed by atoms with Crippen LogP contribution in [0.25, 0.3) is 11.3 Å². The molecular weight excluding hydrogens is 274 g/mol. The van der Waals surface area contributed by atoms with Gasteiger partial charge in [-0.05, 0) is 31.7 Å². The van der Waals surface area contributed by atoms with Crippen molar-refractivity contribution < 1.29 is 9.53 Å². The van der Waals surface area contributed by atoms with Gasteiger partial charge in [-0.2, -0.15) is 0 Å². The Morgan fingerprint density at radius 1 is 1.50 bits per heavy atom. The van der Waals surface area contributed by atoms with E-state index in [9.17, 15) is 4.79 Å². The summed E-state index contributed by atoms with van der Waals surface area (Å²) >= 11 is 1.66. The second-order valence-corrected chi connectivity index (χ2v) is 5.89. The molecule has 0 saturated carbocycles. The molecule has 0 spiro atoms. The number of hydrogen-bond acceptors (Lipinski definition) is 5. The number of carbonyl (C=O) groups excluding carboxylic acids is 1. The molecule has 1 amide bonds. The van der Waals surface area contributed by atoms with Crippen LogP contribution in [0, 0.1) is 6.92 Å². The second-order valence-electron chi connectivity index (χ2n) is 4.60. The maximum Gasteiger partial charge on any atom is 0.262 e. The molecule has 1 aromatic heterocycles. The van der Waals surface area contributed by atoms with Gasteiger partial charge in [0.15, 0.2) is 6.61 Å². The molecule has 3 rings (SSSR count). The Hall–Kier alpha value is -1.92. The van der Waals surface area contributed by atoms with E-state index in [1.807, 2.05) is 25.1 Å². The van der Waals surface area contributed by atoms with Crippen LogP contribution in [0.15, 0.2) is 18.2 Å². The number of amides is 1. The number of ether oxygens (including phenoxy) is 1. The van der Waals surface area contributed by atoms with Gasteiger partial charge < -0.3 is 15.8 Å². The maximum absolute atomic E-state index is 11.4. The third-order valence-electron chi connectivity index (χ3n) is 3.08. The Morgan fingerprint density at radius 3 is 3.15 bits per heavy atom. The summed E-state index contributed by atoms with van der Waals surface area (Å²) in [5, 5.41) is 3.85. The summed E-state index contributed by atoms with van der Waals surface area (Å²) < 4.78 is 5.35. The molecule has 1 aromatic carbocycles. The molecule has 0 radical (unpaired) electrons. The van der Waals surface area contributed by atoms with Crippen molar-refractivity contribution in [2.24, 2.45) is 5.73 Å². The lowest BCUT2D eigenvalue weighted by Gasteiger charge is -2.18. The minimum atomic E-state index is -0.131. The number of anilines is 1. The van der Waals surface area contributed by atoms with Crippen molar-refractivity contribution in [3.8, 4) is 17.0 Å². The Kier molecular flexibility index (Phi) is 3.42. The summed E-state index contributed by atoms with van der Waals surface area (Å²) in [4.78, 5) is 17.1. The fourth-order valence-electron chi connectivity index (χ4n) is 2.18. The summed E-state index contributed by atoms with van der Waals surface area (Å²) in [6, 6.07) is 5.73. The van der Waals surface area contributed by atoms with Crippen LogP contribution in [-0.2, 0) is 11.2 Å². The summed E-state index contributed by atoms with van der Waals surface area (Å²) in [6.45, 7) is 2.71. The van der Waals surface area contributed by atoms with E-state index in [0.29, 0.717) is 18.0 Å². The smallest absolute Gasteiger partial charge is 0.262 e. The van der Waals surface area contributed by atoms with Crippen LogP contribution in [0.2, 0.25) is 0 Å². The normalized spacial score (nSPS) is 13.6. The first-order valence-electron chi connectivity index (χ1n) is 6.41. The second kappa shape index (κ2) is 5.22. The van der Waals surface area contributed by atoms with Gasteiger partial charge in [0.05, 0.1) is 16.4 Å². The largest absolute Gasteiger partial charge is 0.482 e. The van der Waals surface area contributed by atoms with Crippen molar-refractivity contribution >= 4 is 22.9 Å². The number of hydrogen-bond donors (Lipinski definition) is 2. The number of nitrogens with zero attached hydrogens (tertiary/aromatic N) is 1. The molecular formula is C14H15N3O2S. The minimum absolute atomic E-state index is 0.0721. The number of fused-ring (bicyclic) bond motifs is 1. The van der Waals surface area contributed by atoms with E-state index in [1.54, 1.807) is 11.3 Å². The molecule has 0 aliphatic carbocycles. The van der Waals surface area contributed by atoms with Crippen LogP contribution in [0.5, 0.6) is 5.75 Å². The lowest BCUT2D eigenvalue weighted by Crippen LogP contribution is -2.25. The third-order valence-corrected chi connectivity index (χ3v) is 4.12. The molecule has 1 aliphatic heterocycles. The quantitative estimate of drug-likeness (QED) is 0.905. The van der Waals surface area contributed by atoms with Crippen molar-refractivity contribution in [1.82, 2.24) is 4.98 Å². The molecule has 5 nitrogen and oxygen atoms in total. The first kappa shape index (κ1) is 13.1. The molecule has 2 aromatic rings. The average Bonchev–Trinajstić information content (AvgIpc) is 2.79. The van der Waals surface area contributed by atoms with Gasteiger partial charge in [-0.1, -0.05) is 0 Å². The third kappa shape index (κ3) is 2.39. The van der Waals surface area contributed by atoms with E-state index in [2.05, 4.69) is 10.3 Å². The number of nitrogens with one attached hydrogen (secondary N) is 1. The lowest BCUT2D eigenvalue weighted by molar-refractivity contribution is -0.118. The van der Waals surface area contributed by atoms with Gasteiger partial charge in [-0.3, -0.25) is 4.79 Å². The standard InChI is InChI=1S/C14H15N3O2S/c1-8-14(17-13(20-8)4-5-15)9-2-3-11-10(6-9)16-12(18)7-19-11/h2-3,6H,4-5,7,15H2,1H3,(H,16,18). The lowest BCUT2D eigenvalue weighted by atomic mass is 10.1. The van der Waals surface area contributed by atoms with Crippen LogP contribution in [0.4, 0.5) is 5.69 Å². The summed E-state index contributed by atoms with van der Waals surface area (Å²) in [7, 11) is 0. The number of thiazole rings is 1. The summed E-state index contributed by atoms with van der Waals surface area (Å²) in [6.07, 6.45) is 0.788. The highest BCUT2D eigenvalue weighted by Crippen LogP contribution is 2.34. The molecule has 0 fully saturated rings. The first-order chi connectivity index (χ1) is 9.67. The molecule has 3 N–H and O–H groups in total. The Morgan fingerprint density at radius 2 is 2.35 bits per heavy atom. The Bertz CT molecular complexity index is 666. The highest BCUT2D eigenvalue weighted by Gasteiger charge is 2.18.